The fourth-order valence-electron chi connectivity index (χ4n) is 1.41. The molecule has 17 heavy (non-hydrogen) atoms. The Labute approximate surface area is 113 Å². The van der Waals surface area contributed by atoms with E-state index >= 15 is 0 Å². The molecule has 2 nitrogen and oxygen atoms in total. The SMILES string of the molecule is NCc1ccc(Oc2cccc(Br)c2)c(Cl)c1. The maximum absolute atomic E-state index is 6.11. The molecule has 0 amide bonds. The quantitative estimate of drug-likeness (QED) is 0.914. The van der Waals surface area contributed by atoms with Crippen LogP contribution in [0.1, 0.15) is 5.56 Å². The van der Waals surface area contributed by atoms with Gasteiger partial charge in [-0.25, -0.2) is 0 Å². The number of hydrogen-bond acceptors (Lipinski definition) is 2. The van der Waals surface area contributed by atoms with E-state index in [0.717, 1.165) is 15.8 Å². The summed E-state index contributed by atoms with van der Waals surface area (Å²) in [6, 6.07) is 13.1. The molecule has 2 rings (SSSR count). The standard InChI is InChI=1S/C13H11BrClNO/c14-10-2-1-3-11(7-10)17-13-5-4-9(8-16)6-12(13)15/h1-7H,8,16H2. The van der Waals surface area contributed by atoms with Crippen molar-refractivity contribution in [3.8, 4) is 11.5 Å². The molecule has 0 fully saturated rings. The summed E-state index contributed by atoms with van der Waals surface area (Å²) in [6.07, 6.45) is 0. The van der Waals surface area contributed by atoms with E-state index in [1.165, 1.54) is 0 Å². The summed E-state index contributed by atoms with van der Waals surface area (Å²) in [5.41, 5.74) is 6.52. The molecule has 0 unspecified atom stereocenters. The monoisotopic (exact) mass is 311 g/mol. The summed E-state index contributed by atoms with van der Waals surface area (Å²) in [4.78, 5) is 0. The van der Waals surface area contributed by atoms with Gasteiger partial charge in [-0.3, -0.25) is 0 Å². The van der Waals surface area contributed by atoms with E-state index in [1.807, 2.05) is 42.5 Å². The van der Waals surface area contributed by atoms with Gasteiger partial charge in [0.05, 0.1) is 5.02 Å². The Morgan fingerprint density at radius 3 is 2.65 bits per heavy atom. The third-order valence-corrected chi connectivity index (χ3v) is 3.04. The van der Waals surface area contributed by atoms with E-state index in [-0.39, 0.29) is 0 Å². The Morgan fingerprint density at radius 2 is 2.00 bits per heavy atom. The predicted octanol–water partition coefficient (Wildman–Crippen LogP) is 4.35. The zero-order valence-corrected chi connectivity index (χ0v) is 11.3. The smallest absolute Gasteiger partial charge is 0.146 e. The molecule has 0 bridgehead atoms. The minimum Gasteiger partial charge on any atom is -0.456 e. The number of halogens is 2. The van der Waals surface area contributed by atoms with Crippen LogP contribution in [-0.4, -0.2) is 0 Å². The van der Waals surface area contributed by atoms with E-state index in [2.05, 4.69) is 15.9 Å². The van der Waals surface area contributed by atoms with Crippen molar-refractivity contribution in [2.24, 2.45) is 5.73 Å². The molecule has 0 atom stereocenters. The number of nitrogens with two attached hydrogens (primary N) is 1. The highest BCUT2D eigenvalue weighted by Gasteiger charge is 2.04. The Kier molecular flexibility index (Phi) is 4.05. The Morgan fingerprint density at radius 1 is 1.18 bits per heavy atom. The zero-order chi connectivity index (χ0) is 12.3. The van der Waals surface area contributed by atoms with Gasteiger partial charge in [-0.1, -0.05) is 39.7 Å². The highest BCUT2D eigenvalue weighted by Crippen LogP contribution is 2.31. The minimum absolute atomic E-state index is 0.469. The molecule has 2 N–H and O–H groups in total. The molecule has 0 aliphatic heterocycles. The molecule has 0 spiro atoms. The van der Waals surface area contributed by atoms with E-state index < -0.39 is 0 Å². The van der Waals surface area contributed by atoms with Crippen LogP contribution < -0.4 is 10.5 Å². The van der Waals surface area contributed by atoms with Crippen LogP contribution >= 0.6 is 27.5 Å². The van der Waals surface area contributed by atoms with Crippen LogP contribution in [0.4, 0.5) is 0 Å². The molecule has 2 aromatic carbocycles. The Bertz CT molecular complexity index is 531. The Hall–Kier alpha value is -1.03. The second-order valence-corrected chi connectivity index (χ2v) is 4.85. The van der Waals surface area contributed by atoms with Crippen LogP contribution in [0.5, 0.6) is 11.5 Å². The number of hydrogen-bond donors (Lipinski definition) is 1. The second kappa shape index (κ2) is 5.54. The lowest BCUT2D eigenvalue weighted by atomic mass is 10.2. The molecule has 0 aliphatic rings. The van der Waals surface area contributed by atoms with Gasteiger partial charge < -0.3 is 10.5 Å². The van der Waals surface area contributed by atoms with Crippen LogP contribution in [-0.2, 0) is 6.54 Å². The van der Waals surface area contributed by atoms with Gasteiger partial charge in [0.15, 0.2) is 0 Å². The normalized spacial score (nSPS) is 10.3. The molecule has 0 radical (unpaired) electrons. The highest BCUT2D eigenvalue weighted by molar-refractivity contribution is 9.10. The van der Waals surface area contributed by atoms with Gasteiger partial charge in [-0.2, -0.15) is 0 Å². The van der Waals surface area contributed by atoms with Crippen LogP contribution in [0.3, 0.4) is 0 Å². The predicted molar refractivity (Wildman–Crippen MR) is 73.6 cm³/mol. The van der Waals surface area contributed by atoms with E-state index in [1.54, 1.807) is 0 Å². The molecule has 4 heteroatoms. The van der Waals surface area contributed by atoms with E-state index in [4.69, 9.17) is 22.1 Å². The van der Waals surface area contributed by atoms with Gasteiger partial charge in [0.1, 0.15) is 11.5 Å². The van der Waals surface area contributed by atoms with Crippen molar-refractivity contribution in [3.05, 3.63) is 57.5 Å². The first-order chi connectivity index (χ1) is 8.19. The average Bonchev–Trinajstić information content (AvgIpc) is 2.32. The second-order valence-electron chi connectivity index (χ2n) is 3.53. The van der Waals surface area contributed by atoms with Crippen molar-refractivity contribution in [1.82, 2.24) is 0 Å². The van der Waals surface area contributed by atoms with Gasteiger partial charge in [-0.05, 0) is 35.9 Å². The first-order valence-corrected chi connectivity index (χ1v) is 6.28. The lowest BCUT2D eigenvalue weighted by Gasteiger charge is -2.08. The van der Waals surface area contributed by atoms with Crippen molar-refractivity contribution in [1.29, 1.82) is 0 Å². The molecule has 88 valence electrons. The first kappa shape index (κ1) is 12.4. The lowest BCUT2D eigenvalue weighted by molar-refractivity contribution is 0.482. The van der Waals surface area contributed by atoms with Gasteiger partial charge >= 0.3 is 0 Å². The number of rotatable bonds is 3. The molecular weight excluding hydrogens is 302 g/mol. The van der Waals surface area contributed by atoms with E-state index in [9.17, 15) is 0 Å². The maximum Gasteiger partial charge on any atom is 0.146 e. The molecule has 0 saturated carbocycles. The largest absolute Gasteiger partial charge is 0.456 e. The van der Waals surface area contributed by atoms with Gasteiger partial charge in [0.25, 0.3) is 0 Å². The summed E-state index contributed by atoms with van der Waals surface area (Å²) < 4.78 is 6.65. The van der Waals surface area contributed by atoms with Crippen LogP contribution in [0, 0.1) is 0 Å². The number of benzene rings is 2. The van der Waals surface area contributed by atoms with E-state index in [0.29, 0.717) is 17.3 Å². The Balaban J connectivity index is 2.24. The summed E-state index contributed by atoms with van der Waals surface area (Å²) in [5, 5.41) is 0.563. The molecule has 0 saturated heterocycles. The van der Waals surface area contributed by atoms with Crippen molar-refractivity contribution < 1.29 is 4.74 Å². The third-order valence-electron chi connectivity index (χ3n) is 2.26. The summed E-state index contributed by atoms with van der Waals surface area (Å²) in [7, 11) is 0. The van der Waals surface area contributed by atoms with Gasteiger partial charge in [-0.15, -0.1) is 0 Å². The molecular formula is C13H11BrClNO. The van der Waals surface area contributed by atoms with Crippen LogP contribution in [0.25, 0.3) is 0 Å². The highest BCUT2D eigenvalue weighted by atomic mass is 79.9. The molecule has 0 heterocycles. The van der Waals surface area contributed by atoms with Gasteiger partial charge in [0.2, 0.25) is 0 Å². The number of ether oxygens (including phenoxy) is 1. The van der Waals surface area contributed by atoms with Crippen LogP contribution in [0.2, 0.25) is 5.02 Å². The maximum atomic E-state index is 6.11. The fraction of sp³-hybridized carbons (Fsp3) is 0.0769. The molecule has 0 aliphatic carbocycles. The average molecular weight is 313 g/mol. The lowest BCUT2D eigenvalue weighted by Crippen LogP contribution is -1.96. The zero-order valence-electron chi connectivity index (χ0n) is 8.99. The topological polar surface area (TPSA) is 35.2 Å². The third kappa shape index (κ3) is 3.22. The van der Waals surface area contributed by atoms with Crippen LogP contribution in [0.15, 0.2) is 46.9 Å². The molecule has 0 aromatic heterocycles. The van der Waals surface area contributed by atoms with Crippen molar-refractivity contribution in [2.45, 2.75) is 6.54 Å². The van der Waals surface area contributed by atoms with Gasteiger partial charge in [0, 0.05) is 11.0 Å². The molecule has 2 aromatic rings. The van der Waals surface area contributed by atoms with Crippen molar-refractivity contribution in [2.75, 3.05) is 0 Å². The minimum atomic E-state index is 0.469. The fourth-order valence-corrected chi connectivity index (χ4v) is 2.03. The summed E-state index contributed by atoms with van der Waals surface area (Å²) >= 11 is 9.49. The summed E-state index contributed by atoms with van der Waals surface area (Å²) in [6.45, 7) is 0.469. The summed E-state index contributed by atoms with van der Waals surface area (Å²) in [5.74, 6) is 1.36. The van der Waals surface area contributed by atoms with Crippen molar-refractivity contribution >= 4 is 27.5 Å². The first-order valence-electron chi connectivity index (χ1n) is 5.11. The van der Waals surface area contributed by atoms with Crippen molar-refractivity contribution in [3.63, 3.8) is 0 Å².